The summed E-state index contributed by atoms with van der Waals surface area (Å²) in [5, 5.41) is 0. The number of rotatable bonds is 6. The summed E-state index contributed by atoms with van der Waals surface area (Å²) in [5.41, 5.74) is 0.814. The molecule has 2 heteroatoms. The highest BCUT2D eigenvalue weighted by atomic mass is 32.2. The van der Waals surface area contributed by atoms with Gasteiger partial charge in [-0.25, -0.2) is 0 Å². The predicted octanol–water partition coefficient (Wildman–Crippen LogP) is 4.42. The molecule has 1 nitrogen and oxygen atoms in total. The third-order valence-electron chi connectivity index (χ3n) is 2.88. The number of hydrogen-bond acceptors (Lipinski definition) is 2. The van der Waals surface area contributed by atoms with E-state index in [1.54, 1.807) is 6.92 Å². The monoisotopic (exact) mass is 236 g/mol. The molecule has 0 aliphatic rings. The first-order valence-electron chi connectivity index (χ1n) is 5.91. The van der Waals surface area contributed by atoms with Gasteiger partial charge in [-0.2, -0.15) is 0 Å². The minimum atomic E-state index is 0.144. The predicted molar refractivity (Wildman–Crippen MR) is 71.2 cm³/mol. The lowest BCUT2D eigenvalue weighted by atomic mass is 10.1. The van der Waals surface area contributed by atoms with E-state index in [9.17, 15) is 4.79 Å². The maximum atomic E-state index is 11.2. The molecule has 0 aliphatic heterocycles. The lowest BCUT2D eigenvalue weighted by molar-refractivity contribution is 0.101. The fraction of sp³-hybridized carbons (Fsp3) is 0.500. The minimum absolute atomic E-state index is 0.144. The molecule has 0 radical (unpaired) electrons. The SMILES string of the molecule is CCC(CC)CSc1cccc(C(C)=O)c1. The summed E-state index contributed by atoms with van der Waals surface area (Å²) in [6.07, 6.45) is 2.46. The molecule has 0 spiro atoms. The van der Waals surface area contributed by atoms with Crippen LogP contribution in [0.2, 0.25) is 0 Å². The van der Waals surface area contributed by atoms with Crippen LogP contribution in [-0.4, -0.2) is 11.5 Å². The highest BCUT2D eigenvalue weighted by Gasteiger charge is 2.05. The van der Waals surface area contributed by atoms with Gasteiger partial charge in [0.25, 0.3) is 0 Å². The van der Waals surface area contributed by atoms with Crippen LogP contribution in [0.1, 0.15) is 44.0 Å². The Hall–Kier alpha value is -0.760. The van der Waals surface area contributed by atoms with Crippen molar-refractivity contribution in [3.63, 3.8) is 0 Å². The molecule has 88 valence electrons. The zero-order valence-corrected chi connectivity index (χ0v) is 11.1. The van der Waals surface area contributed by atoms with Crippen LogP contribution < -0.4 is 0 Å². The first-order valence-corrected chi connectivity index (χ1v) is 6.89. The second-order valence-electron chi connectivity index (χ2n) is 4.08. The number of thioether (sulfide) groups is 1. The summed E-state index contributed by atoms with van der Waals surface area (Å²) in [4.78, 5) is 12.4. The minimum Gasteiger partial charge on any atom is -0.295 e. The topological polar surface area (TPSA) is 17.1 Å². The van der Waals surface area contributed by atoms with Gasteiger partial charge < -0.3 is 0 Å². The lowest BCUT2D eigenvalue weighted by Gasteiger charge is -2.11. The van der Waals surface area contributed by atoms with E-state index in [-0.39, 0.29) is 5.78 Å². The molecule has 0 aromatic heterocycles. The Kier molecular flexibility index (Phi) is 5.61. The summed E-state index contributed by atoms with van der Waals surface area (Å²) < 4.78 is 0. The van der Waals surface area contributed by atoms with E-state index in [1.807, 2.05) is 30.0 Å². The number of ketones is 1. The highest BCUT2D eigenvalue weighted by Crippen LogP contribution is 2.24. The summed E-state index contributed by atoms with van der Waals surface area (Å²) >= 11 is 1.86. The lowest BCUT2D eigenvalue weighted by Crippen LogP contribution is -2.00. The summed E-state index contributed by atoms with van der Waals surface area (Å²) in [6, 6.07) is 7.92. The number of carbonyl (C=O) groups excluding carboxylic acids is 1. The second-order valence-corrected chi connectivity index (χ2v) is 5.17. The first-order chi connectivity index (χ1) is 7.67. The largest absolute Gasteiger partial charge is 0.295 e. The van der Waals surface area contributed by atoms with E-state index >= 15 is 0 Å². The van der Waals surface area contributed by atoms with Gasteiger partial charge in [0.2, 0.25) is 0 Å². The standard InChI is InChI=1S/C14H20OS/c1-4-12(5-2)10-16-14-8-6-7-13(9-14)11(3)15/h6-9,12H,4-5,10H2,1-3H3. The van der Waals surface area contributed by atoms with Gasteiger partial charge in [-0.3, -0.25) is 4.79 Å². The van der Waals surface area contributed by atoms with Gasteiger partial charge >= 0.3 is 0 Å². The molecule has 0 aliphatic carbocycles. The molecule has 1 aromatic rings. The molecular formula is C14H20OS. The van der Waals surface area contributed by atoms with Gasteiger partial charge in [-0.05, 0) is 25.0 Å². The molecule has 0 heterocycles. The van der Waals surface area contributed by atoms with Crippen molar-refractivity contribution in [2.45, 2.75) is 38.5 Å². The van der Waals surface area contributed by atoms with Gasteiger partial charge in [-0.1, -0.05) is 38.8 Å². The fourth-order valence-corrected chi connectivity index (χ4v) is 2.83. The third kappa shape index (κ3) is 4.01. The van der Waals surface area contributed by atoms with Crippen molar-refractivity contribution in [1.29, 1.82) is 0 Å². The average Bonchev–Trinajstić information content (AvgIpc) is 2.31. The molecule has 0 bridgehead atoms. The number of hydrogen-bond donors (Lipinski definition) is 0. The highest BCUT2D eigenvalue weighted by molar-refractivity contribution is 7.99. The zero-order valence-electron chi connectivity index (χ0n) is 10.3. The maximum absolute atomic E-state index is 11.2. The molecule has 0 N–H and O–H groups in total. The van der Waals surface area contributed by atoms with Crippen LogP contribution in [0.5, 0.6) is 0 Å². The van der Waals surface area contributed by atoms with Crippen molar-refractivity contribution in [3.8, 4) is 0 Å². The van der Waals surface area contributed by atoms with Gasteiger partial charge in [0, 0.05) is 16.2 Å². The fourth-order valence-electron chi connectivity index (χ4n) is 1.54. The van der Waals surface area contributed by atoms with E-state index in [1.165, 1.54) is 17.7 Å². The Balaban J connectivity index is 2.60. The Morgan fingerprint density at radius 2 is 2.00 bits per heavy atom. The van der Waals surface area contributed by atoms with Crippen molar-refractivity contribution >= 4 is 17.5 Å². The van der Waals surface area contributed by atoms with Crippen LogP contribution >= 0.6 is 11.8 Å². The van der Waals surface area contributed by atoms with Crippen molar-refractivity contribution < 1.29 is 4.79 Å². The molecular weight excluding hydrogens is 216 g/mol. The van der Waals surface area contributed by atoms with Gasteiger partial charge in [0.1, 0.15) is 0 Å². The summed E-state index contributed by atoms with van der Waals surface area (Å²) in [5.74, 6) is 2.07. The van der Waals surface area contributed by atoms with Crippen LogP contribution in [0.3, 0.4) is 0 Å². The summed E-state index contributed by atoms with van der Waals surface area (Å²) in [6.45, 7) is 6.09. The molecule has 0 atom stereocenters. The molecule has 1 rings (SSSR count). The average molecular weight is 236 g/mol. The van der Waals surface area contributed by atoms with Crippen molar-refractivity contribution in [2.75, 3.05) is 5.75 Å². The molecule has 0 saturated carbocycles. The van der Waals surface area contributed by atoms with E-state index < -0.39 is 0 Å². The molecule has 0 fully saturated rings. The van der Waals surface area contributed by atoms with Gasteiger partial charge in [-0.15, -0.1) is 11.8 Å². The van der Waals surface area contributed by atoms with Gasteiger partial charge in [0.15, 0.2) is 5.78 Å². The Labute approximate surface area is 103 Å². The van der Waals surface area contributed by atoms with Crippen LogP contribution in [0.4, 0.5) is 0 Å². The Morgan fingerprint density at radius 3 is 2.56 bits per heavy atom. The van der Waals surface area contributed by atoms with Crippen LogP contribution in [0.25, 0.3) is 0 Å². The smallest absolute Gasteiger partial charge is 0.159 e. The van der Waals surface area contributed by atoms with Gasteiger partial charge in [0.05, 0.1) is 0 Å². The normalized spacial score (nSPS) is 10.8. The summed E-state index contributed by atoms with van der Waals surface area (Å²) in [7, 11) is 0. The molecule has 0 saturated heterocycles. The first kappa shape index (κ1) is 13.3. The molecule has 16 heavy (non-hydrogen) atoms. The van der Waals surface area contributed by atoms with E-state index in [0.717, 1.165) is 17.2 Å². The van der Waals surface area contributed by atoms with Crippen LogP contribution in [-0.2, 0) is 0 Å². The second kappa shape index (κ2) is 6.74. The molecule has 0 unspecified atom stereocenters. The molecule has 1 aromatic carbocycles. The number of carbonyl (C=O) groups is 1. The maximum Gasteiger partial charge on any atom is 0.159 e. The number of Topliss-reactive ketones (excluding diaryl/α,β-unsaturated/α-hetero) is 1. The quantitative estimate of drug-likeness (QED) is 0.537. The third-order valence-corrected chi connectivity index (χ3v) is 4.11. The van der Waals surface area contributed by atoms with Crippen molar-refractivity contribution in [3.05, 3.63) is 29.8 Å². The van der Waals surface area contributed by atoms with Crippen LogP contribution in [0.15, 0.2) is 29.2 Å². The van der Waals surface area contributed by atoms with E-state index in [2.05, 4.69) is 19.9 Å². The van der Waals surface area contributed by atoms with E-state index in [4.69, 9.17) is 0 Å². The molecule has 0 amide bonds. The van der Waals surface area contributed by atoms with Crippen molar-refractivity contribution in [2.24, 2.45) is 5.92 Å². The number of benzene rings is 1. The zero-order chi connectivity index (χ0) is 12.0. The Morgan fingerprint density at radius 1 is 1.31 bits per heavy atom. The van der Waals surface area contributed by atoms with E-state index in [0.29, 0.717) is 0 Å². The van der Waals surface area contributed by atoms with Crippen molar-refractivity contribution in [1.82, 2.24) is 0 Å². The Bertz CT molecular complexity index is 342. The van der Waals surface area contributed by atoms with Crippen LogP contribution in [0, 0.1) is 5.92 Å².